The Bertz CT molecular complexity index is 783. The lowest BCUT2D eigenvalue weighted by Crippen LogP contribution is -2.50. The van der Waals surface area contributed by atoms with Gasteiger partial charge in [0.1, 0.15) is 0 Å². The average Bonchev–Trinajstić information content (AvgIpc) is 2.64. The number of aromatic nitrogens is 2. The van der Waals surface area contributed by atoms with E-state index in [0.717, 1.165) is 35.8 Å². The molecule has 0 radical (unpaired) electrons. The van der Waals surface area contributed by atoms with Crippen molar-refractivity contribution in [2.75, 3.05) is 55.4 Å². The number of anilines is 3. The van der Waals surface area contributed by atoms with Crippen LogP contribution in [0.4, 0.5) is 22.0 Å². The number of urea groups is 1. The third-order valence-electron chi connectivity index (χ3n) is 4.66. The van der Waals surface area contributed by atoms with E-state index in [-0.39, 0.29) is 6.03 Å². The first kappa shape index (κ1) is 18.0. The van der Waals surface area contributed by atoms with Crippen LogP contribution >= 0.6 is 0 Å². The number of aryl methyl sites for hydroxylation is 2. The Hall–Kier alpha value is -2.83. The van der Waals surface area contributed by atoms with Crippen LogP contribution in [0, 0.1) is 13.8 Å². The van der Waals surface area contributed by atoms with E-state index < -0.39 is 0 Å². The summed E-state index contributed by atoms with van der Waals surface area (Å²) in [6.07, 6.45) is 1.75. The Morgan fingerprint density at radius 1 is 1.12 bits per heavy atom. The molecule has 138 valence electrons. The van der Waals surface area contributed by atoms with Crippen LogP contribution in [0.3, 0.4) is 0 Å². The van der Waals surface area contributed by atoms with Crippen LogP contribution in [-0.4, -0.2) is 61.4 Å². The normalized spacial score (nSPS) is 14.3. The van der Waals surface area contributed by atoms with Gasteiger partial charge in [-0.15, -0.1) is 5.10 Å². The number of amides is 2. The molecule has 2 heterocycles. The summed E-state index contributed by atoms with van der Waals surface area (Å²) >= 11 is 0. The summed E-state index contributed by atoms with van der Waals surface area (Å²) < 4.78 is 0. The van der Waals surface area contributed by atoms with E-state index in [2.05, 4.69) is 26.5 Å². The van der Waals surface area contributed by atoms with Crippen LogP contribution in [-0.2, 0) is 0 Å². The summed E-state index contributed by atoms with van der Waals surface area (Å²) in [6.45, 7) is 6.86. The first-order valence-electron chi connectivity index (χ1n) is 8.82. The van der Waals surface area contributed by atoms with Gasteiger partial charge in [-0.05, 0) is 25.5 Å². The molecule has 0 aliphatic carbocycles. The van der Waals surface area contributed by atoms with Crippen molar-refractivity contribution < 1.29 is 4.79 Å². The van der Waals surface area contributed by atoms with Crippen LogP contribution < -0.4 is 15.1 Å². The second-order valence-corrected chi connectivity index (χ2v) is 6.89. The van der Waals surface area contributed by atoms with Crippen LogP contribution in [0.15, 0.2) is 30.5 Å². The molecule has 1 aliphatic rings. The molecule has 1 aromatic carbocycles. The highest BCUT2D eigenvalue weighted by Crippen LogP contribution is 2.20. The Morgan fingerprint density at radius 2 is 1.85 bits per heavy atom. The van der Waals surface area contributed by atoms with Gasteiger partial charge < -0.3 is 20.0 Å². The Kier molecular flexibility index (Phi) is 5.25. The second-order valence-electron chi connectivity index (χ2n) is 6.89. The predicted octanol–water partition coefficient (Wildman–Crippen LogP) is 2.51. The minimum absolute atomic E-state index is 0.0512. The lowest BCUT2D eigenvalue weighted by molar-refractivity contribution is 0.208. The molecule has 2 aromatic rings. The van der Waals surface area contributed by atoms with Crippen molar-refractivity contribution in [1.82, 2.24) is 15.1 Å². The maximum atomic E-state index is 12.6. The molecular weight excluding hydrogens is 328 g/mol. The summed E-state index contributed by atoms with van der Waals surface area (Å²) in [5.74, 6) is 0.852. The summed E-state index contributed by atoms with van der Waals surface area (Å²) in [5, 5.41) is 11.3. The van der Waals surface area contributed by atoms with Crippen molar-refractivity contribution >= 4 is 23.2 Å². The molecule has 1 aromatic heterocycles. The third kappa shape index (κ3) is 4.04. The van der Waals surface area contributed by atoms with Crippen molar-refractivity contribution in [1.29, 1.82) is 0 Å². The molecule has 1 fully saturated rings. The number of carbonyl (C=O) groups is 1. The van der Waals surface area contributed by atoms with Crippen molar-refractivity contribution in [2.45, 2.75) is 13.8 Å². The number of rotatable bonds is 3. The van der Waals surface area contributed by atoms with Crippen LogP contribution in [0.1, 0.15) is 11.1 Å². The van der Waals surface area contributed by atoms with E-state index in [1.807, 2.05) is 55.9 Å². The fraction of sp³-hybridized carbons (Fsp3) is 0.421. The fourth-order valence-corrected chi connectivity index (χ4v) is 3.03. The van der Waals surface area contributed by atoms with Crippen molar-refractivity contribution in [3.63, 3.8) is 0 Å². The van der Waals surface area contributed by atoms with Gasteiger partial charge in [-0.25, -0.2) is 4.79 Å². The molecule has 1 saturated heterocycles. The Balaban J connectivity index is 1.59. The quantitative estimate of drug-likeness (QED) is 0.917. The van der Waals surface area contributed by atoms with Gasteiger partial charge in [0.2, 0.25) is 0 Å². The van der Waals surface area contributed by atoms with Crippen LogP contribution in [0.2, 0.25) is 0 Å². The summed E-state index contributed by atoms with van der Waals surface area (Å²) in [6, 6.07) is 8.02. The number of nitrogens with one attached hydrogen (secondary N) is 1. The minimum atomic E-state index is -0.0512. The molecule has 7 nitrogen and oxygen atoms in total. The van der Waals surface area contributed by atoms with Gasteiger partial charge in [-0.3, -0.25) is 0 Å². The predicted molar refractivity (Wildman–Crippen MR) is 105 cm³/mol. The molecule has 0 unspecified atom stereocenters. The van der Waals surface area contributed by atoms with E-state index in [1.165, 1.54) is 5.56 Å². The number of piperazine rings is 1. The molecule has 1 N–H and O–H groups in total. The van der Waals surface area contributed by atoms with E-state index in [4.69, 9.17) is 0 Å². The van der Waals surface area contributed by atoms with Crippen LogP contribution in [0.5, 0.6) is 0 Å². The molecule has 3 rings (SSSR count). The minimum Gasteiger partial charge on any atom is -0.376 e. The van der Waals surface area contributed by atoms with Gasteiger partial charge >= 0.3 is 6.03 Å². The standard InChI is InChI=1S/C19H26N6O/c1-14-5-6-17(15(2)11-14)21-19(26)25-9-7-24(8-10-25)18-12-16(23(3)4)13-20-22-18/h5-6,11-13H,7-10H2,1-4H3,(H,21,26). The zero-order valence-corrected chi connectivity index (χ0v) is 15.9. The molecule has 0 bridgehead atoms. The number of hydrogen-bond acceptors (Lipinski definition) is 5. The van der Waals surface area contributed by atoms with Gasteiger partial charge in [0.05, 0.1) is 11.9 Å². The molecule has 7 heteroatoms. The summed E-state index contributed by atoms with van der Waals surface area (Å²) in [7, 11) is 3.96. The molecule has 0 spiro atoms. The maximum absolute atomic E-state index is 12.6. The fourth-order valence-electron chi connectivity index (χ4n) is 3.03. The molecule has 0 atom stereocenters. The summed E-state index contributed by atoms with van der Waals surface area (Å²) in [5.41, 5.74) is 4.15. The smallest absolute Gasteiger partial charge is 0.321 e. The first-order chi connectivity index (χ1) is 12.4. The van der Waals surface area contributed by atoms with E-state index in [1.54, 1.807) is 6.20 Å². The SMILES string of the molecule is Cc1ccc(NC(=O)N2CCN(c3cc(N(C)C)cnn3)CC2)c(C)c1. The first-order valence-corrected chi connectivity index (χ1v) is 8.82. The molecule has 2 amide bonds. The highest BCUT2D eigenvalue weighted by molar-refractivity contribution is 5.90. The highest BCUT2D eigenvalue weighted by Gasteiger charge is 2.22. The largest absolute Gasteiger partial charge is 0.376 e. The highest BCUT2D eigenvalue weighted by atomic mass is 16.2. The lowest BCUT2D eigenvalue weighted by atomic mass is 10.1. The Morgan fingerprint density at radius 3 is 2.50 bits per heavy atom. The Labute approximate surface area is 154 Å². The molecule has 26 heavy (non-hydrogen) atoms. The van der Waals surface area contributed by atoms with E-state index in [9.17, 15) is 4.79 Å². The number of benzene rings is 1. The average molecular weight is 354 g/mol. The zero-order chi connectivity index (χ0) is 18.7. The third-order valence-corrected chi connectivity index (χ3v) is 4.66. The van der Waals surface area contributed by atoms with Gasteiger partial charge in [0, 0.05) is 52.0 Å². The topological polar surface area (TPSA) is 64.6 Å². The molecule has 0 saturated carbocycles. The maximum Gasteiger partial charge on any atom is 0.321 e. The zero-order valence-electron chi connectivity index (χ0n) is 15.9. The number of carbonyl (C=O) groups excluding carboxylic acids is 1. The summed E-state index contributed by atoms with van der Waals surface area (Å²) in [4.78, 5) is 18.6. The van der Waals surface area contributed by atoms with Gasteiger partial charge in [-0.2, -0.15) is 5.10 Å². The lowest BCUT2D eigenvalue weighted by Gasteiger charge is -2.35. The number of hydrogen-bond donors (Lipinski definition) is 1. The molecular formula is C19H26N6O. The van der Waals surface area contributed by atoms with Crippen LogP contribution in [0.25, 0.3) is 0 Å². The van der Waals surface area contributed by atoms with Gasteiger partial charge in [0.15, 0.2) is 5.82 Å². The van der Waals surface area contributed by atoms with Gasteiger partial charge in [-0.1, -0.05) is 17.7 Å². The second kappa shape index (κ2) is 7.59. The monoisotopic (exact) mass is 354 g/mol. The van der Waals surface area contributed by atoms with E-state index >= 15 is 0 Å². The molecule has 1 aliphatic heterocycles. The van der Waals surface area contributed by atoms with E-state index in [0.29, 0.717) is 13.1 Å². The van der Waals surface area contributed by atoms with Gasteiger partial charge in [0.25, 0.3) is 0 Å². The van der Waals surface area contributed by atoms with Crippen molar-refractivity contribution in [3.05, 3.63) is 41.6 Å². The van der Waals surface area contributed by atoms with Crippen molar-refractivity contribution in [3.8, 4) is 0 Å². The van der Waals surface area contributed by atoms with Crippen molar-refractivity contribution in [2.24, 2.45) is 0 Å². The number of nitrogens with zero attached hydrogens (tertiary/aromatic N) is 5.